The highest BCUT2D eigenvalue weighted by Gasteiger charge is 2.25. The molecular formula is C18H18BrN5O4S. The topological polar surface area (TPSA) is 121 Å². The minimum atomic E-state index is -3.74. The molecule has 4 rings (SSSR count). The Bertz CT molecular complexity index is 1130. The summed E-state index contributed by atoms with van der Waals surface area (Å²) >= 11 is 3.36. The smallest absolute Gasteiger partial charge is 0.311 e. The van der Waals surface area contributed by atoms with Crippen molar-refractivity contribution in [3.63, 3.8) is 0 Å². The van der Waals surface area contributed by atoms with E-state index in [0.717, 1.165) is 22.9 Å². The predicted molar refractivity (Wildman–Crippen MR) is 107 cm³/mol. The molecular weight excluding hydrogens is 462 g/mol. The van der Waals surface area contributed by atoms with E-state index >= 15 is 0 Å². The van der Waals surface area contributed by atoms with Crippen LogP contribution in [0.5, 0.6) is 0 Å². The summed E-state index contributed by atoms with van der Waals surface area (Å²) < 4.78 is 34.0. The van der Waals surface area contributed by atoms with Gasteiger partial charge in [0.05, 0.1) is 0 Å². The van der Waals surface area contributed by atoms with Crippen molar-refractivity contribution in [1.29, 1.82) is 0 Å². The van der Waals surface area contributed by atoms with Crippen LogP contribution in [0.3, 0.4) is 0 Å². The molecule has 0 unspecified atom stereocenters. The molecule has 0 spiro atoms. The van der Waals surface area contributed by atoms with Gasteiger partial charge in [-0.2, -0.15) is 0 Å². The van der Waals surface area contributed by atoms with Crippen molar-refractivity contribution in [3.05, 3.63) is 52.5 Å². The van der Waals surface area contributed by atoms with Gasteiger partial charge in [0.1, 0.15) is 10.6 Å². The molecule has 152 valence electrons. The molecule has 1 fully saturated rings. The van der Waals surface area contributed by atoms with E-state index in [4.69, 9.17) is 4.42 Å². The average Bonchev–Trinajstić information content (AvgIpc) is 3.47. The number of H-pyrrole nitrogens is 1. The fourth-order valence-electron chi connectivity index (χ4n) is 3.04. The van der Waals surface area contributed by atoms with Crippen LogP contribution in [-0.4, -0.2) is 47.5 Å². The van der Waals surface area contributed by atoms with Crippen molar-refractivity contribution >= 4 is 31.9 Å². The second-order valence-corrected chi connectivity index (χ2v) is 9.30. The Balaban J connectivity index is 1.47. The quantitative estimate of drug-likeness (QED) is 0.560. The molecule has 1 aromatic carbocycles. The van der Waals surface area contributed by atoms with E-state index in [9.17, 15) is 13.2 Å². The molecule has 0 saturated carbocycles. The highest BCUT2D eigenvalue weighted by Crippen LogP contribution is 2.22. The Kier molecular flexibility index (Phi) is 5.52. The first-order valence-electron chi connectivity index (χ1n) is 8.98. The number of amides is 1. The van der Waals surface area contributed by atoms with Crippen molar-refractivity contribution in [1.82, 2.24) is 24.8 Å². The highest BCUT2D eigenvalue weighted by atomic mass is 79.9. The maximum absolute atomic E-state index is 12.6. The predicted octanol–water partition coefficient (Wildman–Crippen LogP) is 2.54. The molecule has 1 saturated heterocycles. The van der Waals surface area contributed by atoms with Crippen molar-refractivity contribution in [2.75, 3.05) is 13.1 Å². The van der Waals surface area contributed by atoms with E-state index < -0.39 is 10.0 Å². The number of hydrogen-bond donors (Lipinski definition) is 2. The molecule has 1 aliphatic heterocycles. The summed E-state index contributed by atoms with van der Waals surface area (Å²) in [7, 11) is -3.74. The molecule has 1 amide bonds. The number of rotatable bonds is 6. The van der Waals surface area contributed by atoms with Crippen LogP contribution in [0.15, 0.2) is 50.3 Å². The van der Waals surface area contributed by atoms with Gasteiger partial charge in [-0.15, -0.1) is 10.2 Å². The van der Waals surface area contributed by atoms with Crippen molar-refractivity contribution in [2.24, 2.45) is 0 Å². The Labute approximate surface area is 175 Å². The Hall–Kier alpha value is -2.50. The van der Waals surface area contributed by atoms with E-state index in [1.54, 1.807) is 4.90 Å². The fourth-order valence-corrected chi connectivity index (χ4v) is 4.49. The maximum atomic E-state index is 12.6. The van der Waals surface area contributed by atoms with Crippen LogP contribution in [0.25, 0.3) is 11.6 Å². The molecule has 9 nitrogen and oxygen atoms in total. The number of benzene rings is 1. The standard InChI is InChI=1S/C18H18BrN5O4S/c19-13-5-3-4-12(8-13)10-21-29(26,27)14-9-15(20-11-14)16-22-23-17(28-16)18(25)24-6-1-2-7-24/h3-5,8-9,11,20-21H,1-2,6-7,10H2. The minimum Gasteiger partial charge on any atom is -0.411 e. The van der Waals surface area contributed by atoms with Crippen molar-refractivity contribution < 1.29 is 17.6 Å². The zero-order valence-electron chi connectivity index (χ0n) is 15.3. The van der Waals surface area contributed by atoms with Crippen LogP contribution in [0.1, 0.15) is 29.1 Å². The van der Waals surface area contributed by atoms with Gasteiger partial charge < -0.3 is 14.3 Å². The Morgan fingerprint density at radius 1 is 1.24 bits per heavy atom. The Morgan fingerprint density at radius 3 is 2.79 bits per heavy atom. The van der Waals surface area contributed by atoms with Crippen LogP contribution in [0.2, 0.25) is 0 Å². The monoisotopic (exact) mass is 479 g/mol. The van der Waals surface area contributed by atoms with Gasteiger partial charge in [-0.1, -0.05) is 28.1 Å². The van der Waals surface area contributed by atoms with E-state index in [1.807, 2.05) is 24.3 Å². The summed E-state index contributed by atoms with van der Waals surface area (Å²) in [5, 5.41) is 7.66. The molecule has 11 heteroatoms. The van der Waals surface area contributed by atoms with Gasteiger partial charge >= 0.3 is 11.8 Å². The molecule has 2 aromatic heterocycles. The summed E-state index contributed by atoms with van der Waals surface area (Å²) in [4.78, 5) is 16.8. The number of hydrogen-bond acceptors (Lipinski definition) is 6. The summed E-state index contributed by atoms with van der Waals surface area (Å²) in [6.45, 7) is 1.49. The first-order valence-corrected chi connectivity index (χ1v) is 11.3. The normalized spacial score (nSPS) is 14.4. The molecule has 0 aliphatic carbocycles. The summed E-state index contributed by atoms with van der Waals surface area (Å²) in [6, 6.07) is 8.75. The van der Waals surface area contributed by atoms with Gasteiger partial charge in [0.25, 0.3) is 5.89 Å². The third kappa shape index (κ3) is 4.41. The number of carbonyl (C=O) groups is 1. The maximum Gasteiger partial charge on any atom is 0.311 e. The lowest BCUT2D eigenvalue weighted by Gasteiger charge is -2.11. The molecule has 3 heterocycles. The lowest BCUT2D eigenvalue weighted by atomic mass is 10.2. The van der Waals surface area contributed by atoms with Crippen molar-refractivity contribution in [3.8, 4) is 11.6 Å². The molecule has 2 N–H and O–H groups in total. The van der Waals surface area contributed by atoms with Gasteiger partial charge in [0.15, 0.2) is 0 Å². The first kappa shape index (κ1) is 19.8. The van der Waals surface area contributed by atoms with Crippen molar-refractivity contribution in [2.45, 2.75) is 24.3 Å². The van der Waals surface area contributed by atoms with Gasteiger partial charge in [-0.05, 0) is 36.6 Å². The number of carbonyl (C=O) groups excluding carboxylic acids is 1. The Morgan fingerprint density at radius 2 is 2.03 bits per heavy atom. The van der Waals surface area contributed by atoms with Crippen LogP contribution in [0, 0.1) is 0 Å². The van der Waals surface area contributed by atoms with Crippen LogP contribution in [0.4, 0.5) is 0 Å². The first-order chi connectivity index (χ1) is 13.9. The van der Waals surface area contributed by atoms with Gasteiger partial charge in [-0.3, -0.25) is 4.79 Å². The molecule has 0 bridgehead atoms. The second kappa shape index (κ2) is 8.09. The van der Waals surface area contributed by atoms with Gasteiger partial charge in [0, 0.05) is 30.3 Å². The van der Waals surface area contributed by atoms with Crippen LogP contribution >= 0.6 is 15.9 Å². The lowest BCUT2D eigenvalue weighted by Crippen LogP contribution is -2.27. The average molecular weight is 480 g/mol. The van der Waals surface area contributed by atoms with Gasteiger partial charge in [0.2, 0.25) is 10.0 Å². The number of aromatic nitrogens is 3. The number of aromatic amines is 1. The number of sulfonamides is 1. The van der Waals surface area contributed by atoms with E-state index in [1.165, 1.54) is 12.3 Å². The third-order valence-electron chi connectivity index (χ3n) is 4.55. The molecule has 29 heavy (non-hydrogen) atoms. The molecule has 0 radical (unpaired) electrons. The van der Waals surface area contributed by atoms with E-state index in [-0.39, 0.29) is 29.1 Å². The second-order valence-electron chi connectivity index (χ2n) is 6.62. The molecule has 1 aliphatic rings. The number of nitrogens with one attached hydrogen (secondary N) is 2. The largest absolute Gasteiger partial charge is 0.411 e. The SMILES string of the molecule is O=C(c1nnc(-c2cc(S(=O)(=O)NCc3cccc(Br)c3)c[nH]2)o1)N1CCCC1. The van der Waals surface area contributed by atoms with Crippen LogP contribution < -0.4 is 4.72 Å². The summed E-state index contributed by atoms with van der Waals surface area (Å²) in [5.41, 5.74) is 1.14. The number of halogens is 1. The lowest BCUT2D eigenvalue weighted by molar-refractivity contribution is 0.0754. The fraction of sp³-hybridized carbons (Fsp3) is 0.278. The van der Waals surface area contributed by atoms with Crippen LogP contribution in [-0.2, 0) is 16.6 Å². The highest BCUT2D eigenvalue weighted by molar-refractivity contribution is 9.10. The van der Waals surface area contributed by atoms with E-state index in [2.05, 4.69) is 35.8 Å². The van der Waals surface area contributed by atoms with E-state index in [0.29, 0.717) is 18.8 Å². The van der Waals surface area contributed by atoms with Gasteiger partial charge in [-0.25, -0.2) is 13.1 Å². The molecule has 0 atom stereocenters. The zero-order chi connectivity index (χ0) is 20.4. The third-order valence-corrected chi connectivity index (χ3v) is 6.43. The zero-order valence-corrected chi connectivity index (χ0v) is 17.7. The summed E-state index contributed by atoms with van der Waals surface area (Å²) in [6.07, 6.45) is 3.25. The summed E-state index contributed by atoms with van der Waals surface area (Å²) in [5.74, 6) is -0.356. The molecule has 3 aromatic rings. The number of likely N-dealkylation sites (tertiary alicyclic amines) is 1. The minimum absolute atomic E-state index is 0.0353. The number of nitrogens with zero attached hydrogens (tertiary/aromatic N) is 3.